The molecule has 0 spiro atoms. The molecule has 0 atom stereocenters. The Morgan fingerprint density at radius 3 is 2.22 bits per heavy atom. The average Bonchev–Trinajstić information content (AvgIpc) is 2.57. The monoisotopic (exact) mass is 400 g/mol. The first-order valence-electron chi connectivity index (χ1n) is 7.92. The van der Waals surface area contributed by atoms with E-state index in [1.807, 2.05) is 19.1 Å². The molecule has 0 saturated heterocycles. The molecular formula is C18H19F3N2O3S. The van der Waals surface area contributed by atoms with Gasteiger partial charge in [-0.3, -0.25) is 4.79 Å². The molecule has 0 bridgehead atoms. The van der Waals surface area contributed by atoms with Gasteiger partial charge in [-0.25, -0.2) is 8.42 Å². The number of amides is 1. The number of hydrogen-bond acceptors (Lipinski definition) is 3. The fraction of sp³-hybridized carbons (Fsp3) is 0.278. The van der Waals surface area contributed by atoms with Crippen molar-refractivity contribution < 1.29 is 26.4 Å². The van der Waals surface area contributed by atoms with E-state index in [1.54, 1.807) is 13.0 Å². The Morgan fingerprint density at radius 2 is 1.67 bits per heavy atom. The molecule has 0 saturated carbocycles. The summed E-state index contributed by atoms with van der Waals surface area (Å²) >= 11 is 0. The number of alkyl halides is 3. The predicted molar refractivity (Wildman–Crippen MR) is 95.8 cm³/mol. The van der Waals surface area contributed by atoms with Gasteiger partial charge in [0, 0.05) is 12.7 Å². The fourth-order valence-electron chi connectivity index (χ4n) is 2.34. The molecule has 0 unspecified atom stereocenters. The van der Waals surface area contributed by atoms with Gasteiger partial charge in [0.05, 0.1) is 17.0 Å². The number of carbonyl (C=O) groups excluding carboxylic acids is 1. The van der Waals surface area contributed by atoms with Gasteiger partial charge in [0.15, 0.2) is 0 Å². The molecule has 27 heavy (non-hydrogen) atoms. The van der Waals surface area contributed by atoms with Crippen molar-refractivity contribution in [3.8, 4) is 0 Å². The molecule has 5 nitrogen and oxygen atoms in total. The van der Waals surface area contributed by atoms with Crippen molar-refractivity contribution >= 4 is 21.6 Å². The maximum atomic E-state index is 12.6. The van der Waals surface area contributed by atoms with Crippen molar-refractivity contribution in [2.75, 3.05) is 18.9 Å². The average molecular weight is 400 g/mol. The Bertz CT molecular complexity index is 939. The van der Waals surface area contributed by atoms with Gasteiger partial charge in [0.25, 0.3) is 0 Å². The summed E-state index contributed by atoms with van der Waals surface area (Å²) in [6.07, 6.45) is -4.56. The minimum atomic E-state index is -4.56. The van der Waals surface area contributed by atoms with Crippen LogP contribution in [0, 0.1) is 13.8 Å². The van der Waals surface area contributed by atoms with E-state index in [2.05, 4.69) is 5.32 Å². The minimum Gasteiger partial charge on any atom is -0.325 e. The summed E-state index contributed by atoms with van der Waals surface area (Å²) in [5, 5.41) is 2.64. The number of benzene rings is 2. The fourth-order valence-corrected chi connectivity index (χ4v) is 3.47. The lowest BCUT2D eigenvalue weighted by Gasteiger charge is -2.18. The lowest BCUT2D eigenvalue weighted by molar-refractivity contribution is -0.137. The summed E-state index contributed by atoms with van der Waals surface area (Å²) in [7, 11) is -2.91. The smallest absolute Gasteiger partial charge is 0.325 e. The van der Waals surface area contributed by atoms with Gasteiger partial charge in [-0.1, -0.05) is 12.1 Å². The number of carbonyl (C=O) groups is 1. The van der Waals surface area contributed by atoms with Crippen LogP contribution in [0.1, 0.15) is 16.7 Å². The molecule has 146 valence electrons. The summed E-state index contributed by atoms with van der Waals surface area (Å²) in [5.41, 5.74) is 1.38. The highest BCUT2D eigenvalue weighted by Crippen LogP contribution is 2.30. The molecule has 0 aliphatic carbocycles. The summed E-state index contributed by atoms with van der Waals surface area (Å²) in [5.74, 6) is -0.554. The highest BCUT2D eigenvalue weighted by molar-refractivity contribution is 7.89. The largest absolute Gasteiger partial charge is 0.416 e. The summed E-state index contributed by atoms with van der Waals surface area (Å²) < 4.78 is 63.5. The zero-order chi connectivity index (χ0) is 20.4. The maximum absolute atomic E-state index is 12.6. The van der Waals surface area contributed by atoms with Crippen molar-refractivity contribution in [3.63, 3.8) is 0 Å². The Kier molecular flexibility index (Phi) is 5.96. The van der Waals surface area contributed by atoms with Crippen molar-refractivity contribution in [2.24, 2.45) is 0 Å². The van der Waals surface area contributed by atoms with Crippen molar-refractivity contribution in [2.45, 2.75) is 24.9 Å². The highest BCUT2D eigenvalue weighted by Gasteiger charge is 2.31. The van der Waals surface area contributed by atoms with E-state index < -0.39 is 34.2 Å². The number of anilines is 1. The van der Waals surface area contributed by atoms with Crippen LogP contribution >= 0.6 is 0 Å². The molecule has 0 aromatic heterocycles. The summed E-state index contributed by atoms with van der Waals surface area (Å²) in [6, 6.07) is 8.60. The van der Waals surface area contributed by atoms with Gasteiger partial charge in [0.1, 0.15) is 0 Å². The number of likely N-dealkylation sites (N-methyl/N-ethyl adjacent to an activating group) is 1. The zero-order valence-electron chi connectivity index (χ0n) is 15.0. The van der Waals surface area contributed by atoms with Crippen LogP contribution in [-0.2, 0) is 21.0 Å². The second kappa shape index (κ2) is 7.69. The van der Waals surface area contributed by atoms with E-state index in [0.29, 0.717) is 17.8 Å². The molecule has 0 radical (unpaired) electrons. The predicted octanol–water partition coefficient (Wildman–Crippen LogP) is 3.58. The van der Waals surface area contributed by atoms with Crippen LogP contribution in [-0.4, -0.2) is 32.2 Å². The number of sulfonamides is 1. The van der Waals surface area contributed by atoms with E-state index in [0.717, 1.165) is 27.6 Å². The first-order valence-corrected chi connectivity index (χ1v) is 9.36. The van der Waals surface area contributed by atoms with Gasteiger partial charge in [-0.15, -0.1) is 0 Å². The number of rotatable bonds is 5. The second-order valence-electron chi connectivity index (χ2n) is 6.15. The number of nitrogens with zero attached hydrogens (tertiary/aromatic N) is 1. The number of aryl methyl sites for hydroxylation is 2. The van der Waals surface area contributed by atoms with Gasteiger partial charge in [-0.05, 0) is 55.3 Å². The first-order chi connectivity index (χ1) is 12.4. The lowest BCUT2D eigenvalue weighted by atomic mass is 10.1. The Hall–Kier alpha value is -2.39. The molecule has 1 N–H and O–H groups in total. The van der Waals surface area contributed by atoms with Crippen LogP contribution in [0.2, 0.25) is 0 Å². The SMILES string of the molecule is Cc1ccc(C)c(NC(=O)CN(C)S(=O)(=O)c2ccc(C(F)(F)F)cc2)c1. The van der Waals surface area contributed by atoms with Crippen LogP contribution < -0.4 is 5.32 Å². The topological polar surface area (TPSA) is 66.5 Å². The van der Waals surface area contributed by atoms with Crippen LogP contribution in [0.3, 0.4) is 0 Å². The molecule has 2 aromatic carbocycles. The Balaban J connectivity index is 2.12. The quantitative estimate of drug-likeness (QED) is 0.834. The number of halogens is 3. The van der Waals surface area contributed by atoms with Crippen LogP contribution in [0.25, 0.3) is 0 Å². The molecule has 1 amide bonds. The van der Waals surface area contributed by atoms with Crippen molar-refractivity contribution in [3.05, 3.63) is 59.2 Å². The standard InChI is InChI=1S/C18H19F3N2O3S/c1-12-4-5-13(2)16(10-12)22-17(24)11-23(3)27(25,26)15-8-6-14(7-9-15)18(19,20)21/h4-10H,11H2,1-3H3,(H,22,24). The molecule has 9 heteroatoms. The van der Waals surface area contributed by atoms with Gasteiger partial charge in [0.2, 0.25) is 15.9 Å². The molecule has 2 rings (SSSR count). The molecule has 0 fully saturated rings. The second-order valence-corrected chi connectivity index (χ2v) is 8.19. The number of hydrogen-bond donors (Lipinski definition) is 1. The molecule has 0 aliphatic rings. The van der Waals surface area contributed by atoms with E-state index in [9.17, 15) is 26.4 Å². The Morgan fingerprint density at radius 1 is 1.07 bits per heavy atom. The van der Waals surface area contributed by atoms with Crippen LogP contribution in [0.15, 0.2) is 47.4 Å². The van der Waals surface area contributed by atoms with E-state index >= 15 is 0 Å². The molecular weight excluding hydrogens is 381 g/mol. The molecule has 0 aliphatic heterocycles. The zero-order valence-corrected chi connectivity index (χ0v) is 15.8. The highest BCUT2D eigenvalue weighted by atomic mass is 32.2. The lowest BCUT2D eigenvalue weighted by Crippen LogP contribution is -2.35. The van der Waals surface area contributed by atoms with Gasteiger partial charge < -0.3 is 5.32 Å². The van der Waals surface area contributed by atoms with E-state index in [1.165, 1.54) is 7.05 Å². The van der Waals surface area contributed by atoms with E-state index in [-0.39, 0.29) is 4.90 Å². The first kappa shape index (κ1) is 20.9. The molecule has 2 aromatic rings. The van der Waals surface area contributed by atoms with Gasteiger partial charge in [-0.2, -0.15) is 17.5 Å². The van der Waals surface area contributed by atoms with E-state index in [4.69, 9.17) is 0 Å². The third-order valence-corrected chi connectivity index (χ3v) is 5.74. The summed E-state index contributed by atoms with van der Waals surface area (Å²) in [6.45, 7) is 3.19. The van der Waals surface area contributed by atoms with Crippen molar-refractivity contribution in [1.29, 1.82) is 0 Å². The van der Waals surface area contributed by atoms with Crippen LogP contribution in [0.5, 0.6) is 0 Å². The third kappa shape index (κ3) is 5.08. The molecule has 0 heterocycles. The minimum absolute atomic E-state index is 0.322. The normalized spacial score (nSPS) is 12.3. The van der Waals surface area contributed by atoms with Crippen molar-refractivity contribution in [1.82, 2.24) is 4.31 Å². The third-order valence-electron chi connectivity index (χ3n) is 3.92. The maximum Gasteiger partial charge on any atom is 0.416 e. The number of nitrogens with one attached hydrogen (secondary N) is 1. The van der Waals surface area contributed by atoms with Crippen LogP contribution in [0.4, 0.5) is 18.9 Å². The van der Waals surface area contributed by atoms with Gasteiger partial charge >= 0.3 is 6.18 Å². The Labute approximate surface area is 155 Å². The summed E-state index contributed by atoms with van der Waals surface area (Å²) in [4.78, 5) is 11.9.